The fraction of sp³-hybridized carbons (Fsp3) is 0.211. The second kappa shape index (κ2) is 8.06. The molecular formula is C19H20N2O3. The highest BCUT2D eigenvalue weighted by Gasteiger charge is 2.13. The van der Waals surface area contributed by atoms with Crippen LogP contribution in [0.15, 0.2) is 60.7 Å². The molecule has 2 aromatic carbocycles. The predicted molar refractivity (Wildman–Crippen MR) is 94.8 cm³/mol. The van der Waals surface area contributed by atoms with Crippen LogP contribution in [-0.4, -0.2) is 28.7 Å². The van der Waals surface area contributed by atoms with Gasteiger partial charge in [0.15, 0.2) is 5.78 Å². The lowest BCUT2D eigenvalue weighted by Crippen LogP contribution is -2.22. The average molecular weight is 324 g/mol. The van der Waals surface area contributed by atoms with Gasteiger partial charge < -0.3 is 4.90 Å². The Morgan fingerprint density at radius 1 is 1.00 bits per heavy atom. The molecule has 0 unspecified atom stereocenters. The Morgan fingerprint density at radius 2 is 1.58 bits per heavy atom. The summed E-state index contributed by atoms with van der Waals surface area (Å²) in [7, 11) is 0. The van der Waals surface area contributed by atoms with Crippen LogP contribution in [0, 0.1) is 10.1 Å². The quantitative estimate of drug-likeness (QED) is 0.332. The van der Waals surface area contributed by atoms with Gasteiger partial charge in [0.05, 0.1) is 4.92 Å². The summed E-state index contributed by atoms with van der Waals surface area (Å²) in [5, 5.41) is 10.7. The zero-order valence-corrected chi connectivity index (χ0v) is 13.8. The van der Waals surface area contributed by atoms with Crippen LogP contribution in [0.2, 0.25) is 0 Å². The predicted octanol–water partition coefficient (Wildman–Crippen LogP) is 4.16. The van der Waals surface area contributed by atoms with E-state index >= 15 is 0 Å². The van der Waals surface area contributed by atoms with E-state index in [1.807, 2.05) is 44.2 Å². The molecule has 5 heteroatoms. The lowest BCUT2D eigenvalue weighted by molar-refractivity contribution is -0.384. The van der Waals surface area contributed by atoms with Crippen LogP contribution in [0.1, 0.15) is 29.8 Å². The maximum Gasteiger partial charge on any atom is 0.269 e. The Morgan fingerprint density at radius 3 is 2.08 bits per heavy atom. The van der Waals surface area contributed by atoms with Crippen molar-refractivity contribution in [1.29, 1.82) is 0 Å². The van der Waals surface area contributed by atoms with Crippen molar-refractivity contribution in [3.05, 3.63) is 81.9 Å². The number of nitrogens with zero attached hydrogens (tertiary/aromatic N) is 2. The van der Waals surface area contributed by atoms with Crippen molar-refractivity contribution in [2.24, 2.45) is 0 Å². The molecule has 2 aromatic rings. The fourth-order valence-corrected chi connectivity index (χ4v) is 2.49. The molecule has 0 aromatic heterocycles. The molecule has 0 amide bonds. The molecule has 0 fully saturated rings. The summed E-state index contributed by atoms with van der Waals surface area (Å²) >= 11 is 0. The Bertz CT molecular complexity index is 733. The molecule has 0 saturated heterocycles. The second-order valence-electron chi connectivity index (χ2n) is 5.24. The van der Waals surface area contributed by atoms with Gasteiger partial charge in [-0.15, -0.1) is 0 Å². The smallest absolute Gasteiger partial charge is 0.269 e. The van der Waals surface area contributed by atoms with E-state index < -0.39 is 4.92 Å². The van der Waals surface area contributed by atoms with Gasteiger partial charge >= 0.3 is 0 Å². The number of ketones is 1. The molecule has 0 bridgehead atoms. The standard InChI is InChI=1S/C19H20N2O3/c1-3-20(4-2)18(15-8-6-5-7-9-15)14-19(22)16-10-12-17(13-11-16)21(23)24/h5-14H,3-4H2,1-2H3. The van der Waals surface area contributed by atoms with Crippen molar-refractivity contribution >= 4 is 17.2 Å². The second-order valence-corrected chi connectivity index (χ2v) is 5.24. The minimum absolute atomic E-state index is 0.0254. The summed E-state index contributed by atoms with van der Waals surface area (Å²) in [6.07, 6.45) is 1.60. The van der Waals surface area contributed by atoms with Gasteiger partial charge in [-0.25, -0.2) is 0 Å². The molecule has 24 heavy (non-hydrogen) atoms. The fourth-order valence-electron chi connectivity index (χ4n) is 2.49. The number of nitro groups is 1. The number of benzene rings is 2. The van der Waals surface area contributed by atoms with Crippen molar-refractivity contribution in [2.45, 2.75) is 13.8 Å². The zero-order chi connectivity index (χ0) is 17.5. The number of rotatable bonds is 7. The first-order valence-corrected chi connectivity index (χ1v) is 7.87. The normalized spacial score (nSPS) is 11.2. The van der Waals surface area contributed by atoms with Gasteiger partial charge in [0.25, 0.3) is 5.69 Å². The molecule has 0 atom stereocenters. The monoisotopic (exact) mass is 324 g/mol. The third kappa shape index (κ3) is 4.07. The largest absolute Gasteiger partial charge is 0.371 e. The highest BCUT2D eigenvalue weighted by atomic mass is 16.6. The van der Waals surface area contributed by atoms with E-state index in [1.54, 1.807) is 6.08 Å². The third-order valence-corrected chi connectivity index (χ3v) is 3.80. The number of hydrogen-bond donors (Lipinski definition) is 0. The molecule has 0 heterocycles. The molecule has 124 valence electrons. The van der Waals surface area contributed by atoms with Crippen LogP contribution in [-0.2, 0) is 0 Å². The van der Waals surface area contributed by atoms with Crippen molar-refractivity contribution in [2.75, 3.05) is 13.1 Å². The number of hydrogen-bond acceptors (Lipinski definition) is 4. The van der Waals surface area contributed by atoms with Crippen LogP contribution in [0.5, 0.6) is 0 Å². The van der Waals surface area contributed by atoms with Gasteiger partial charge in [-0.05, 0) is 31.5 Å². The molecule has 0 aliphatic rings. The summed E-state index contributed by atoms with van der Waals surface area (Å²) < 4.78 is 0. The Labute approximate surface area is 141 Å². The summed E-state index contributed by atoms with van der Waals surface area (Å²) in [5.41, 5.74) is 2.23. The molecule has 0 radical (unpaired) electrons. The molecule has 0 aliphatic heterocycles. The molecule has 0 N–H and O–H groups in total. The maximum atomic E-state index is 12.6. The van der Waals surface area contributed by atoms with Gasteiger partial charge in [0.2, 0.25) is 0 Å². The molecule has 2 rings (SSSR count). The van der Waals surface area contributed by atoms with Crippen molar-refractivity contribution in [1.82, 2.24) is 4.90 Å². The minimum atomic E-state index is -0.477. The van der Waals surface area contributed by atoms with Gasteiger partial charge in [-0.1, -0.05) is 30.3 Å². The zero-order valence-electron chi connectivity index (χ0n) is 13.8. The van der Waals surface area contributed by atoms with E-state index in [2.05, 4.69) is 4.90 Å². The van der Waals surface area contributed by atoms with E-state index in [9.17, 15) is 14.9 Å². The highest BCUT2D eigenvalue weighted by Crippen LogP contribution is 2.20. The molecule has 5 nitrogen and oxygen atoms in total. The van der Waals surface area contributed by atoms with Crippen LogP contribution < -0.4 is 0 Å². The first kappa shape index (κ1) is 17.4. The first-order chi connectivity index (χ1) is 11.6. The van der Waals surface area contributed by atoms with E-state index in [1.165, 1.54) is 24.3 Å². The number of allylic oxidation sites excluding steroid dienone is 1. The van der Waals surface area contributed by atoms with E-state index in [4.69, 9.17) is 0 Å². The summed E-state index contributed by atoms with van der Waals surface area (Å²) in [6.45, 7) is 5.64. The van der Waals surface area contributed by atoms with E-state index in [-0.39, 0.29) is 11.5 Å². The van der Waals surface area contributed by atoms with Crippen LogP contribution in [0.25, 0.3) is 5.70 Å². The van der Waals surface area contributed by atoms with Gasteiger partial charge in [0.1, 0.15) is 0 Å². The molecule has 0 spiro atoms. The van der Waals surface area contributed by atoms with Crippen molar-refractivity contribution in [3.63, 3.8) is 0 Å². The summed E-state index contributed by atoms with van der Waals surface area (Å²) in [6, 6.07) is 15.4. The highest BCUT2D eigenvalue weighted by molar-refractivity contribution is 6.08. The van der Waals surface area contributed by atoms with Crippen molar-refractivity contribution < 1.29 is 9.72 Å². The molecule has 0 aliphatic carbocycles. The van der Waals surface area contributed by atoms with Crippen LogP contribution >= 0.6 is 0 Å². The van der Waals surface area contributed by atoms with Gasteiger partial charge in [-0.3, -0.25) is 14.9 Å². The van der Waals surface area contributed by atoms with E-state index in [0.717, 1.165) is 24.4 Å². The maximum absolute atomic E-state index is 12.6. The Kier molecular flexibility index (Phi) is 5.84. The minimum Gasteiger partial charge on any atom is -0.371 e. The van der Waals surface area contributed by atoms with Crippen LogP contribution in [0.3, 0.4) is 0 Å². The summed E-state index contributed by atoms with van der Waals surface area (Å²) in [5.74, 6) is -0.171. The van der Waals surface area contributed by atoms with E-state index in [0.29, 0.717) is 5.56 Å². The third-order valence-electron chi connectivity index (χ3n) is 3.80. The number of non-ortho nitro benzene ring substituents is 1. The molecular weight excluding hydrogens is 304 g/mol. The van der Waals surface area contributed by atoms with Crippen LogP contribution in [0.4, 0.5) is 5.69 Å². The lowest BCUT2D eigenvalue weighted by atomic mass is 10.1. The average Bonchev–Trinajstić information content (AvgIpc) is 2.62. The SMILES string of the molecule is CCN(CC)C(=CC(=O)c1ccc([N+](=O)[O-])cc1)c1ccccc1. The van der Waals surface area contributed by atoms with Gasteiger partial charge in [0, 0.05) is 42.6 Å². The van der Waals surface area contributed by atoms with Crippen molar-refractivity contribution in [3.8, 4) is 0 Å². The molecule has 0 saturated carbocycles. The number of nitro benzene ring substituents is 1. The Hall–Kier alpha value is -2.95. The summed E-state index contributed by atoms with van der Waals surface area (Å²) in [4.78, 5) is 24.9. The number of carbonyl (C=O) groups is 1. The first-order valence-electron chi connectivity index (χ1n) is 7.87. The lowest BCUT2D eigenvalue weighted by Gasteiger charge is -2.24. The van der Waals surface area contributed by atoms with Gasteiger partial charge in [-0.2, -0.15) is 0 Å². The number of carbonyl (C=O) groups excluding carboxylic acids is 1. The topological polar surface area (TPSA) is 63.5 Å². The Balaban J connectivity index is 2.38.